The number of nitrogens with zero attached hydrogens (tertiary/aromatic N) is 3. The standard InChI is InChI=1S/C11H17Br2N3O5/c12-1-7(17)3-15-10(19)14(5-9-6-21-9)11(20)16(15)4-8(18)2-13/h7-9,17-18H,1-6H2. The maximum absolute atomic E-state index is 12.3. The van der Waals surface area contributed by atoms with E-state index in [1.54, 1.807) is 0 Å². The SMILES string of the molecule is O=c1n(CC2CO2)c(=O)n(CC(O)CBr)n1CC(O)CBr. The molecular formula is C11H17Br2N3O5. The Balaban J connectivity index is 2.37. The van der Waals surface area contributed by atoms with Crippen LogP contribution < -0.4 is 11.4 Å². The normalized spacial score (nSPS) is 20.5. The highest BCUT2D eigenvalue weighted by atomic mass is 79.9. The van der Waals surface area contributed by atoms with E-state index in [0.29, 0.717) is 6.61 Å². The van der Waals surface area contributed by atoms with E-state index in [0.717, 1.165) is 4.57 Å². The highest BCUT2D eigenvalue weighted by Crippen LogP contribution is 2.09. The van der Waals surface area contributed by atoms with Crippen molar-refractivity contribution in [1.29, 1.82) is 0 Å². The lowest BCUT2D eigenvalue weighted by Gasteiger charge is -2.14. The molecule has 0 saturated carbocycles. The van der Waals surface area contributed by atoms with Gasteiger partial charge in [0.2, 0.25) is 0 Å². The molecule has 2 N–H and O–H groups in total. The highest BCUT2D eigenvalue weighted by Gasteiger charge is 2.27. The zero-order chi connectivity index (χ0) is 15.6. The molecule has 1 aromatic heterocycles. The first kappa shape index (κ1) is 16.9. The van der Waals surface area contributed by atoms with Crippen molar-refractivity contribution in [2.75, 3.05) is 17.3 Å². The Morgan fingerprint density at radius 1 is 1.10 bits per heavy atom. The molecule has 3 atom stereocenters. The van der Waals surface area contributed by atoms with E-state index in [4.69, 9.17) is 4.74 Å². The average Bonchev–Trinajstić information content (AvgIpc) is 3.26. The maximum Gasteiger partial charge on any atom is 0.347 e. The molecule has 0 bridgehead atoms. The Morgan fingerprint density at radius 2 is 1.52 bits per heavy atom. The molecule has 0 aromatic carbocycles. The molecule has 21 heavy (non-hydrogen) atoms. The predicted molar refractivity (Wildman–Crippen MR) is 82.3 cm³/mol. The number of rotatable bonds is 8. The third kappa shape index (κ3) is 4.07. The molecule has 10 heteroatoms. The number of hydrogen-bond acceptors (Lipinski definition) is 5. The molecule has 1 aliphatic heterocycles. The van der Waals surface area contributed by atoms with E-state index in [9.17, 15) is 19.8 Å². The molecule has 3 unspecified atom stereocenters. The van der Waals surface area contributed by atoms with E-state index in [2.05, 4.69) is 31.9 Å². The van der Waals surface area contributed by atoms with Crippen LogP contribution in [0.3, 0.4) is 0 Å². The van der Waals surface area contributed by atoms with Crippen molar-refractivity contribution in [3.05, 3.63) is 21.0 Å². The summed E-state index contributed by atoms with van der Waals surface area (Å²) in [5, 5.41) is 20.0. The number of epoxide rings is 1. The van der Waals surface area contributed by atoms with E-state index >= 15 is 0 Å². The first-order valence-corrected chi connectivity index (χ1v) is 8.72. The van der Waals surface area contributed by atoms with Crippen molar-refractivity contribution in [1.82, 2.24) is 13.9 Å². The molecule has 0 aliphatic carbocycles. The Hall–Kier alpha value is -0.420. The van der Waals surface area contributed by atoms with Gasteiger partial charge < -0.3 is 14.9 Å². The molecule has 120 valence electrons. The molecule has 1 aromatic rings. The van der Waals surface area contributed by atoms with Crippen LogP contribution in [-0.2, 0) is 24.4 Å². The van der Waals surface area contributed by atoms with Crippen LogP contribution in [0.2, 0.25) is 0 Å². The summed E-state index contributed by atoms with van der Waals surface area (Å²) in [6.45, 7) is 0.685. The number of aliphatic hydroxyl groups is 2. The quantitative estimate of drug-likeness (QED) is 0.395. The van der Waals surface area contributed by atoms with Crippen molar-refractivity contribution in [2.45, 2.75) is 37.9 Å². The van der Waals surface area contributed by atoms with Gasteiger partial charge in [0, 0.05) is 10.7 Å². The number of ether oxygens (including phenoxy) is 1. The van der Waals surface area contributed by atoms with Gasteiger partial charge in [-0.15, -0.1) is 0 Å². The number of halogens is 2. The summed E-state index contributed by atoms with van der Waals surface area (Å²) in [5.41, 5.74) is -1.01. The number of aromatic nitrogens is 3. The van der Waals surface area contributed by atoms with Crippen LogP contribution in [0, 0.1) is 0 Å². The zero-order valence-corrected chi connectivity index (χ0v) is 14.4. The fourth-order valence-electron chi connectivity index (χ4n) is 1.95. The monoisotopic (exact) mass is 429 g/mol. The number of aliphatic hydroxyl groups excluding tert-OH is 2. The van der Waals surface area contributed by atoms with Gasteiger partial charge in [0.25, 0.3) is 0 Å². The second-order valence-electron chi connectivity index (χ2n) is 4.91. The molecule has 0 amide bonds. The van der Waals surface area contributed by atoms with Gasteiger partial charge in [0.05, 0.1) is 44.6 Å². The molecular weight excluding hydrogens is 414 g/mol. The summed E-state index contributed by atoms with van der Waals surface area (Å²) < 4.78 is 8.47. The van der Waals surface area contributed by atoms with Crippen LogP contribution in [0.4, 0.5) is 0 Å². The minimum Gasteiger partial charge on any atom is -0.390 e. The van der Waals surface area contributed by atoms with Crippen molar-refractivity contribution in [3.8, 4) is 0 Å². The smallest absolute Gasteiger partial charge is 0.347 e. The Labute approximate surface area is 137 Å². The van der Waals surface area contributed by atoms with E-state index in [1.807, 2.05) is 0 Å². The second kappa shape index (κ2) is 7.23. The fraction of sp³-hybridized carbons (Fsp3) is 0.818. The van der Waals surface area contributed by atoms with E-state index in [-0.39, 0.29) is 36.4 Å². The van der Waals surface area contributed by atoms with Gasteiger partial charge in [-0.25, -0.2) is 23.5 Å². The van der Waals surface area contributed by atoms with Crippen molar-refractivity contribution >= 4 is 31.9 Å². The van der Waals surface area contributed by atoms with Crippen LogP contribution in [-0.4, -0.2) is 59.7 Å². The molecule has 1 aliphatic rings. The lowest BCUT2D eigenvalue weighted by molar-refractivity contribution is 0.139. The van der Waals surface area contributed by atoms with Gasteiger partial charge in [0.1, 0.15) is 0 Å². The van der Waals surface area contributed by atoms with Crippen LogP contribution in [0.1, 0.15) is 0 Å². The van der Waals surface area contributed by atoms with Gasteiger partial charge in [-0.2, -0.15) is 0 Å². The van der Waals surface area contributed by atoms with Gasteiger partial charge >= 0.3 is 11.4 Å². The van der Waals surface area contributed by atoms with Crippen LogP contribution >= 0.6 is 31.9 Å². The largest absolute Gasteiger partial charge is 0.390 e. The minimum absolute atomic E-state index is 0.0210. The van der Waals surface area contributed by atoms with Gasteiger partial charge in [-0.05, 0) is 0 Å². The maximum atomic E-state index is 12.3. The molecule has 2 heterocycles. The van der Waals surface area contributed by atoms with Gasteiger partial charge in [0.15, 0.2) is 0 Å². The summed E-state index contributed by atoms with van der Waals surface area (Å²) in [7, 11) is 0. The van der Waals surface area contributed by atoms with Crippen LogP contribution in [0.5, 0.6) is 0 Å². The second-order valence-corrected chi connectivity index (χ2v) is 6.21. The third-order valence-corrected chi connectivity index (χ3v) is 4.60. The van der Waals surface area contributed by atoms with Crippen LogP contribution in [0.15, 0.2) is 9.59 Å². The van der Waals surface area contributed by atoms with Crippen LogP contribution in [0.25, 0.3) is 0 Å². The average molecular weight is 431 g/mol. The topological polar surface area (TPSA) is 102 Å². The Bertz CT molecular complexity index is 548. The summed E-state index contributed by atoms with van der Waals surface area (Å²) in [4.78, 5) is 24.6. The van der Waals surface area contributed by atoms with Gasteiger partial charge in [-0.1, -0.05) is 31.9 Å². The lowest BCUT2D eigenvalue weighted by atomic mass is 10.4. The molecule has 1 fully saturated rings. The Kier molecular flexibility index (Phi) is 5.83. The lowest BCUT2D eigenvalue weighted by Crippen LogP contribution is -2.35. The highest BCUT2D eigenvalue weighted by molar-refractivity contribution is 9.09. The van der Waals surface area contributed by atoms with Crippen molar-refractivity contribution < 1.29 is 14.9 Å². The summed E-state index contributed by atoms with van der Waals surface area (Å²) >= 11 is 6.25. The summed E-state index contributed by atoms with van der Waals surface area (Å²) in [6.07, 6.45) is -1.72. The molecule has 2 rings (SSSR count). The van der Waals surface area contributed by atoms with E-state index < -0.39 is 23.6 Å². The Morgan fingerprint density at radius 3 is 1.86 bits per heavy atom. The molecule has 0 spiro atoms. The molecule has 1 saturated heterocycles. The fourth-order valence-corrected chi connectivity index (χ4v) is 2.36. The molecule has 0 radical (unpaired) electrons. The summed E-state index contributed by atoms with van der Waals surface area (Å²) in [6, 6.07) is 0. The zero-order valence-electron chi connectivity index (χ0n) is 11.2. The third-order valence-electron chi connectivity index (χ3n) is 3.11. The summed E-state index contributed by atoms with van der Waals surface area (Å²) in [5.74, 6) is 0. The number of alkyl halides is 2. The first-order chi connectivity index (χ1) is 9.97. The van der Waals surface area contributed by atoms with Crippen molar-refractivity contribution in [2.24, 2.45) is 0 Å². The molecule has 8 nitrogen and oxygen atoms in total. The first-order valence-electron chi connectivity index (χ1n) is 6.48. The van der Waals surface area contributed by atoms with E-state index in [1.165, 1.54) is 9.36 Å². The van der Waals surface area contributed by atoms with Crippen molar-refractivity contribution in [3.63, 3.8) is 0 Å². The van der Waals surface area contributed by atoms with Gasteiger partial charge in [-0.3, -0.25) is 0 Å². The minimum atomic E-state index is -0.803. The number of hydrogen-bond donors (Lipinski definition) is 2. The predicted octanol–water partition coefficient (Wildman–Crippen LogP) is -1.28.